The van der Waals surface area contributed by atoms with Gasteiger partial charge in [0, 0.05) is 35.0 Å². The number of rotatable bonds is 10. The van der Waals surface area contributed by atoms with E-state index in [9.17, 15) is 63.8 Å². The number of fused-ring (bicyclic) bond motifs is 1. The van der Waals surface area contributed by atoms with Gasteiger partial charge in [0.25, 0.3) is 0 Å². The summed E-state index contributed by atoms with van der Waals surface area (Å²) in [4.78, 5) is 44.5. The molecule has 0 radical (unpaired) electrons. The van der Waals surface area contributed by atoms with Crippen LogP contribution in [0.5, 0.6) is 0 Å². The molecule has 0 spiro atoms. The standard InChI is InChI=1S/C12H14O4.C11H11F3O.C10H15F3O3.C7H9F3O2/c1-5(2)11(13)15-9-6-3-7-8(4-6)12(14)16-10(7)9;1-3-8-4-6-9(7-5-8)10(2,15)11(12,13)14;1-6(2)8(14)16-7(3)5-9(4,15)10(11,12)13;1-4(2)6(11)12-5(3)7(8,9)10/h6-10H,1,3-4H2,2H3;3-7,15H,1H2,2H3;7,15H,1,5H2,2-4H3;5H,1H2,2-3H3. The summed E-state index contributed by atoms with van der Waals surface area (Å²) in [6.45, 7) is 21.2. The number of hydrogen-bond donors (Lipinski definition) is 2. The van der Waals surface area contributed by atoms with E-state index in [1.165, 1.54) is 51.1 Å². The number of alkyl halides is 9. The van der Waals surface area contributed by atoms with Crippen molar-refractivity contribution in [1.29, 1.82) is 0 Å². The minimum absolute atomic E-state index is 0.0499. The topological polar surface area (TPSA) is 146 Å². The Labute approximate surface area is 335 Å². The molecule has 1 aliphatic heterocycles. The van der Waals surface area contributed by atoms with Crippen molar-refractivity contribution in [2.24, 2.45) is 17.8 Å². The van der Waals surface area contributed by atoms with Gasteiger partial charge in [-0.3, -0.25) is 4.79 Å². The van der Waals surface area contributed by atoms with E-state index in [4.69, 9.17) is 14.6 Å². The Hall–Kier alpha value is -4.65. The molecule has 59 heavy (non-hydrogen) atoms. The Morgan fingerprint density at radius 3 is 1.69 bits per heavy atom. The van der Waals surface area contributed by atoms with Gasteiger partial charge in [0.15, 0.2) is 17.3 Å². The van der Waals surface area contributed by atoms with Crippen LogP contribution in [-0.4, -0.2) is 82.6 Å². The summed E-state index contributed by atoms with van der Waals surface area (Å²) in [5, 5.41) is 18.5. The number of ether oxygens (including phenoxy) is 4. The Morgan fingerprint density at radius 1 is 0.814 bits per heavy atom. The number of carbonyl (C=O) groups excluding carboxylic acids is 4. The van der Waals surface area contributed by atoms with Gasteiger partial charge in [0.1, 0.15) is 18.3 Å². The van der Waals surface area contributed by atoms with Crippen molar-refractivity contribution in [2.75, 3.05) is 0 Å². The number of carbonyl (C=O) groups is 4. The van der Waals surface area contributed by atoms with Gasteiger partial charge < -0.3 is 29.2 Å². The monoisotopic (exact) mass is 860 g/mol. The first-order valence-electron chi connectivity index (χ1n) is 17.8. The van der Waals surface area contributed by atoms with Gasteiger partial charge in [-0.2, -0.15) is 39.5 Å². The fourth-order valence-corrected chi connectivity index (χ4v) is 5.72. The molecule has 19 heteroatoms. The van der Waals surface area contributed by atoms with Crippen LogP contribution in [0.2, 0.25) is 0 Å². The molecular formula is C40H49F9O10. The average Bonchev–Trinajstić information content (AvgIpc) is 3.73. The molecule has 1 saturated heterocycles. The molecule has 0 aromatic heterocycles. The van der Waals surface area contributed by atoms with Gasteiger partial charge in [-0.05, 0) is 72.4 Å². The largest absolute Gasteiger partial charge is 0.459 e. The minimum atomic E-state index is -4.75. The van der Waals surface area contributed by atoms with Gasteiger partial charge in [-0.1, -0.05) is 56.7 Å². The van der Waals surface area contributed by atoms with Crippen molar-refractivity contribution in [2.45, 2.75) is 122 Å². The second-order valence-electron chi connectivity index (χ2n) is 14.8. The van der Waals surface area contributed by atoms with Crippen LogP contribution in [0.3, 0.4) is 0 Å². The second-order valence-corrected chi connectivity index (χ2v) is 14.8. The van der Waals surface area contributed by atoms with Crippen LogP contribution in [0.4, 0.5) is 39.5 Å². The summed E-state index contributed by atoms with van der Waals surface area (Å²) in [6, 6.07) is 5.43. The molecule has 10 nitrogen and oxygen atoms in total. The Bertz CT molecular complexity index is 1710. The van der Waals surface area contributed by atoms with Crippen LogP contribution >= 0.6 is 0 Å². The third-order valence-electron chi connectivity index (χ3n) is 9.31. The summed E-state index contributed by atoms with van der Waals surface area (Å²) in [6.07, 6.45) is -14.9. The van der Waals surface area contributed by atoms with Gasteiger partial charge in [-0.25, -0.2) is 14.4 Å². The van der Waals surface area contributed by atoms with Crippen molar-refractivity contribution in [3.05, 3.63) is 78.4 Å². The zero-order valence-corrected chi connectivity index (χ0v) is 33.4. The SMILES string of the molecule is C=C(C)C(=O)OC(C)C(F)(F)F.C=C(C)C(=O)OC(C)CC(C)(O)C(F)(F)F.C=C(C)C(=O)OC1C2CC3C(=O)OC1C3C2.C=Cc1ccc(C(C)(O)C(F)(F)F)cc1. The van der Waals surface area contributed by atoms with E-state index in [2.05, 4.69) is 35.8 Å². The fraction of sp³-hybridized carbons (Fsp3) is 0.550. The van der Waals surface area contributed by atoms with E-state index in [1.54, 1.807) is 6.92 Å². The van der Waals surface area contributed by atoms with Crippen molar-refractivity contribution >= 4 is 30.0 Å². The third kappa shape index (κ3) is 14.5. The molecule has 3 fully saturated rings. The zero-order valence-electron chi connectivity index (χ0n) is 33.4. The molecule has 332 valence electrons. The molecule has 2 saturated carbocycles. The third-order valence-corrected chi connectivity index (χ3v) is 9.31. The minimum Gasteiger partial charge on any atom is -0.459 e. The van der Waals surface area contributed by atoms with Crippen LogP contribution in [0.15, 0.2) is 67.3 Å². The molecule has 4 rings (SSSR count). The summed E-state index contributed by atoms with van der Waals surface area (Å²) in [5.41, 5.74) is -4.72. The van der Waals surface area contributed by atoms with Gasteiger partial charge in [0.2, 0.25) is 0 Å². The van der Waals surface area contributed by atoms with Crippen LogP contribution in [-0.2, 0) is 43.7 Å². The van der Waals surface area contributed by atoms with E-state index >= 15 is 0 Å². The van der Waals surface area contributed by atoms with Crippen LogP contribution < -0.4 is 0 Å². The molecule has 9 atom stereocenters. The molecule has 0 amide bonds. The lowest BCUT2D eigenvalue weighted by atomic mass is 9.88. The lowest BCUT2D eigenvalue weighted by Crippen LogP contribution is -2.45. The lowest BCUT2D eigenvalue weighted by molar-refractivity contribution is -0.261. The highest BCUT2D eigenvalue weighted by atomic mass is 19.4. The first-order valence-corrected chi connectivity index (χ1v) is 17.8. The average molecular weight is 861 g/mol. The molecule has 3 aliphatic rings. The van der Waals surface area contributed by atoms with E-state index in [1.807, 2.05) is 0 Å². The van der Waals surface area contributed by atoms with Crippen molar-refractivity contribution in [3.8, 4) is 0 Å². The van der Waals surface area contributed by atoms with Crippen molar-refractivity contribution < 1.29 is 87.9 Å². The molecule has 1 aromatic carbocycles. The molecular weight excluding hydrogens is 811 g/mol. The summed E-state index contributed by atoms with van der Waals surface area (Å²) >= 11 is 0. The smallest absolute Gasteiger partial charge is 0.425 e. The number of aliphatic hydroxyl groups is 2. The Kier molecular flexibility index (Phi) is 17.8. The predicted octanol–water partition coefficient (Wildman–Crippen LogP) is 8.41. The number of benzene rings is 1. The molecule has 2 N–H and O–H groups in total. The zero-order chi connectivity index (χ0) is 46.2. The predicted molar refractivity (Wildman–Crippen MR) is 195 cm³/mol. The van der Waals surface area contributed by atoms with Crippen molar-refractivity contribution in [1.82, 2.24) is 0 Å². The van der Waals surface area contributed by atoms with Crippen LogP contribution in [0, 0.1) is 17.8 Å². The maximum Gasteiger partial charge on any atom is 0.425 e. The second kappa shape index (κ2) is 20.1. The van der Waals surface area contributed by atoms with E-state index in [-0.39, 0.29) is 52.7 Å². The number of halogens is 9. The number of esters is 4. The lowest BCUT2D eigenvalue weighted by Gasteiger charge is -2.28. The quantitative estimate of drug-likeness (QED) is 0.102. The first-order chi connectivity index (χ1) is 26.6. The van der Waals surface area contributed by atoms with Gasteiger partial charge >= 0.3 is 42.4 Å². The van der Waals surface area contributed by atoms with Crippen molar-refractivity contribution in [3.63, 3.8) is 0 Å². The normalized spacial score (nSPS) is 23.3. The van der Waals surface area contributed by atoms with E-state index in [0.29, 0.717) is 24.0 Å². The molecule has 2 aliphatic carbocycles. The van der Waals surface area contributed by atoms with E-state index in [0.717, 1.165) is 26.7 Å². The summed E-state index contributed by atoms with van der Waals surface area (Å²) in [7, 11) is 0. The van der Waals surface area contributed by atoms with Crippen LogP contribution in [0.25, 0.3) is 6.08 Å². The molecule has 9 unspecified atom stereocenters. The highest BCUT2D eigenvalue weighted by molar-refractivity contribution is 5.88. The first kappa shape index (κ1) is 52.4. The van der Waals surface area contributed by atoms with Gasteiger partial charge in [0.05, 0.1) is 5.92 Å². The Morgan fingerprint density at radius 2 is 1.29 bits per heavy atom. The fourth-order valence-electron chi connectivity index (χ4n) is 5.72. The van der Waals surface area contributed by atoms with E-state index < -0.39 is 60.3 Å². The highest BCUT2D eigenvalue weighted by Gasteiger charge is 2.63. The summed E-state index contributed by atoms with van der Waals surface area (Å²) < 4.78 is 129. The maximum atomic E-state index is 12.4. The molecule has 1 aromatic rings. The molecule has 1 heterocycles. The molecule has 2 bridgehead atoms. The Balaban J connectivity index is 0.000000396. The van der Waals surface area contributed by atoms with Gasteiger partial charge in [-0.15, -0.1) is 0 Å². The number of hydrogen-bond acceptors (Lipinski definition) is 10. The summed E-state index contributed by atoms with van der Waals surface area (Å²) in [5.74, 6) is -1.64. The highest BCUT2D eigenvalue weighted by Crippen LogP contribution is 2.55. The van der Waals surface area contributed by atoms with Crippen LogP contribution in [0.1, 0.15) is 78.9 Å². The maximum absolute atomic E-state index is 12.4.